The van der Waals surface area contributed by atoms with Crippen molar-refractivity contribution in [3.8, 4) is 12.1 Å². The molecule has 0 radical (unpaired) electrons. The molecule has 3 rings (SSSR count). The molecule has 1 aliphatic rings. The van der Waals surface area contributed by atoms with Gasteiger partial charge in [-0.25, -0.2) is 4.98 Å². The molecule has 0 saturated carbocycles. The minimum Gasteiger partial charge on any atom is -0.368 e. The molecule has 0 fully saturated rings. The van der Waals surface area contributed by atoms with E-state index in [-0.39, 0.29) is 5.92 Å². The van der Waals surface area contributed by atoms with Gasteiger partial charge < -0.3 is 9.84 Å². The summed E-state index contributed by atoms with van der Waals surface area (Å²) in [6.45, 7) is 6.52. The van der Waals surface area contributed by atoms with Gasteiger partial charge in [0.15, 0.2) is 0 Å². The van der Waals surface area contributed by atoms with Gasteiger partial charge in [-0.3, -0.25) is 0 Å². The fraction of sp³-hybridized carbons (Fsp3) is 0.524. The van der Waals surface area contributed by atoms with Gasteiger partial charge in [-0.15, -0.1) is 0 Å². The Morgan fingerprint density at radius 1 is 1.07 bits per heavy atom. The second kappa shape index (κ2) is 8.22. The summed E-state index contributed by atoms with van der Waals surface area (Å²) in [5, 5.41) is 26.7. The summed E-state index contributed by atoms with van der Waals surface area (Å²) in [6, 6.07) is 4.47. The summed E-state index contributed by atoms with van der Waals surface area (Å²) in [4.78, 5) is 4.77. The Labute approximate surface area is 160 Å². The van der Waals surface area contributed by atoms with Crippen molar-refractivity contribution in [3.63, 3.8) is 0 Å². The smallest absolute Gasteiger partial charge is 0.145 e. The number of aryl methyl sites for hydroxylation is 3. The van der Waals surface area contributed by atoms with Crippen molar-refractivity contribution in [2.24, 2.45) is 0 Å². The third-order valence-corrected chi connectivity index (χ3v) is 5.35. The zero-order chi connectivity index (χ0) is 19.4. The highest BCUT2D eigenvalue weighted by Gasteiger charge is 2.22. The molecule has 0 aliphatic heterocycles. The predicted octanol–water partition coefficient (Wildman–Crippen LogP) is 4.30. The Morgan fingerprint density at radius 3 is 2.41 bits per heavy atom. The minimum absolute atomic E-state index is 0.150. The molecule has 1 unspecified atom stereocenters. The van der Waals surface area contributed by atoms with Gasteiger partial charge in [-0.1, -0.05) is 24.9 Å². The summed E-state index contributed by atoms with van der Waals surface area (Å²) in [5.74, 6) is 1.48. The van der Waals surface area contributed by atoms with Crippen molar-refractivity contribution in [2.75, 3.05) is 11.9 Å². The van der Waals surface area contributed by atoms with Crippen molar-refractivity contribution in [1.29, 1.82) is 10.5 Å². The third kappa shape index (κ3) is 3.80. The average Bonchev–Trinajstić information content (AvgIpc) is 2.98. The fourth-order valence-corrected chi connectivity index (χ4v) is 4.00. The number of hydrogen-bond donors (Lipinski definition) is 1. The van der Waals surface area contributed by atoms with Crippen LogP contribution in [0, 0.1) is 36.5 Å². The average molecular weight is 363 g/mol. The lowest BCUT2D eigenvalue weighted by Crippen LogP contribution is -2.16. The molecule has 0 amide bonds. The molecule has 0 spiro atoms. The zero-order valence-electron chi connectivity index (χ0n) is 16.2. The molecule has 1 N–H and O–H groups in total. The summed E-state index contributed by atoms with van der Waals surface area (Å²) in [7, 11) is 0. The van der Waals surface area contributed by atoms with Crippen LogP contribution in [0.4, 0.5) is 5.82 Å². The topological polar surface area (TPSA) is 98.5 Å². The van der Waals surface area contributed by atoms with Gasteiger partial charge in [0, 0.05) is 23.7 Å². The number of fused-ring (bicyclic) bond motifs is 1. The molecule has 1 atom stereocenters. The van der Waals surface area contributed by atoms with Crippen molar-refractivity contribution in [3.05, 3.63) is 39.4 Å². The Balaban J connectivity index is 1.92. The molecule has 140 valence electrons. The van der Waals surface area contributed by atoms with E-state index in [9.17, 15) is 10.5 Å². The maximum Gasteiger partial charge on any atom is 0.145 e. The molecule has 2 aromatic rings. The first-order valence-electron chi connectivity index (χ1n) is 9.59. The van der Waals surface area contributed by atoms with Gasteiger partial charge in [-0.05, 0) is 45.1 Å². The normalized spacial score (nSPS) is 15.0. The molecule has 0 saturated heterocycles. The molecule has 2 heterocycles. The summed E-state index contributed by atoms with van der Waals surface area (Å²) in [5.41, 5.74) is 4.76. The first-order chi connectivity index (χ1) is 13.1. The lowest BCUT2D eigenvalue weighted by Gasteiger charge is -2.19. The van der Waals surface area contributed by atoms with Crippen LogP contribution in [0.5, 0.6) is 0 Å². The van der Waals surface area contributed by atoms with Crippen molar-refractivity contribution in [1.82, 2.24) is 10.1 Å². The Morgan fingerprint density at radius 2 is 1.78 bits per heavy atom. The Hall–Kier alpha value is -2.86. The molecule has 2 aromatic heterocycles. The molecule has 6 heteroatoms. The largest absolute Gasteiger partial charge is 0.368 e. The van der Waals surface area contributed by atoms with Crippen molar-refractivity contribution in [2.45, 2.75) is 65.2 Å². The van der Waals surface area contributed by atoms with E-state index in [1.807, 2.05) is 13.8 Å². The van der Waals surface area contributed by atoms with Crippen LogP contribution in [-0.2, 0) is 12.8 Å². The number of pyridine rings is 1. The molecule has 6 nitrogen and oxygen atoms in total. The summed E-state index contributed by atoms with van der Waals surface area (Å²) in [6.07, 6.45) is 6.17. The van der Waals surface area contributed by atoms with E-state index in [2.05, 4.69) is 29.5 Å². The van der Waals surface area contributed by atoms with Crippen LogP contribution in [0.1, 0.15) is 77.9 Å². The molecule has 0 bridgehead atoms. The monoisotopic (exact) mass is 363 g/mol. The molecule has 27 heavy (non-hydrogen) atoms. The number of nitriles is 2. The lowest BCUT2D eigenvalue weighted by atomic mass is 9.91. The highest BCUT2D eigenvalue weighted by Crippen LogP contribution is 2.29. The van der Waals surface area contributed by atoms with Crippen LogP contribution < -0.4 is 5.32 Å². The lowest BCUT2D eigenvalue weighted by molar-refractivity contribution is 0.391. The molecular formula is C21H25N5O. The Bertz CT molecular complexity index is 897. The van der Waals surface area contributed by atoms with Gasteiger partial charge in [0.2, 0.25) is 0 Å². The van der Waals surface area contributed by atoms with E-state index in [0.29, 0.717) is 23.5 Å². The van der Waals surface area contributed by atoms with Crippen LogP contribution in [0.2, 0.25) is 0 Å². The molecule has 0 aromatic carbocycles. The van der Waals surface area contributed by atoms with Crippen LogP contribution in [0.25, 0.3) is 0 Å². The van der Waals surface area contributed by atoms with Gasteiger partial charge in [0.25, 0.3) is 0 Å². The molecular weight excluding hydrogens is 338 g/mol. The van der Waals surface area contributed by atoms with Crippen LogP contribution in [0.15, 0.2) is 4.52 Å². The summed E-state index contributed by atoms with van der Waals surface area (Å²) < 4.78 is 5.26. The van der Waals surface area contributed by atoms with Crippen LogP contribution >= 0.6 is 0 Å². The van der Waals surface area contributed by atoms with Crippen LogP contribution in [-0.4, -0.2) is 16.7 Å². The highest BCUT2D eigenvalue weighted by molar-refractivity contribution is 5.64. The van der Waals surface area contributed by atoms with Gasteiger partial charge in [-0.2, -0.15) is 10.5 Å². The standard InChI is InChI=1S/C21H25N5O/c1-13(20-14(2)26-27-15(20)3)12-24-21-18(11-23)17(10-22)16-8-6-4-5-7-9-19(16)25-21/h13H,4-9,12H2,1-3H3,(H,24,25). The maximum absolute atomic E-state index is 9.72. The first-order valence-corrected chi connectivity index (χ1v) is 9.59. The van der Waals surface area contributed by atoms with E-state index in [1.165, 1.54) is 12.8 Å². The number of hydrogen-bond acceptors (Lipinski definition) is 6. The fourth-order valence-electron chi connectivity index (χ4n) is 4.00. The van der Waals surface area contributed by atoms with Crippen LogP contribution in [0.3, 0.4) is 0 Å². The van der Waals surface area contributed by atoms with E-state index in [0.717, 1.165) is 54.0 Å². The van der Waals surface area contributed by atoms with E-state index in [1.54, 1.807) is 0 Å². The minimum atomic E-state index is 0.150. The van der Waals surface area contributed by atoms with E-state index < -0.39 is 0 Å². The Kier molecular flexibility index (Phi) is 5.76. The van der Waals surface area contributed by atoms with Gasteiger partial charge in [0.1, 0.15) is 29.3 Å². The van der Waals surface area contributed by atoms with E-state index >= 15 is 0 Å². The number of rotatable bonds is 4. The van der Waals surface area contributed by atoms with Crippen molar-refractivity contribution < 1.29 is 4.52 Å². The second-order valence-corrected chi connectivity index (χ2v) is 7.29. The van der Waals surface area contributed by atoms with E-state index in [4.69, 9.17) is 9.51 Å². The molecule has 1 aliphatic carbocycles. The number of nitrogens with zero attached hydrogens (tertiary/aromatic N) is 4. The SMILES string of the molecule is Cc1noc(C)c1C(C)CNc1nc2c(c(C#N)c1C#N)CCCCCC2. The summed E-state index contributed by atoms with van der Waals surface area (Å²) >= 11 is 0. The quantitative estimate of drug-likeness (QED) is 0.869. The van der Waals surface area contributed by atoms with Gasteiger partial charge in [0.05, 0.1) is 11.3 Å². The van der Waals surface area contributed by atoms with Crippen molar-refractivity contribution >= 4 is 5.82 Å². The first kappa shape index (κ1) is 18.9. The third-order valence-electron chi connectivity index (χ3n) is 5.35. The predicted molar refractivity (Wildman–Crippen MR) is 102 cm³/mol. The number of nitrogens with one attached hydrogen (secondary N) is 1. The second-order valence-electron chi connectivity index (χ2n) is 7.29. The number of anilines is 1. The van der Waals surface area contributed by atoms with Gasteiger partial charge >= 0.3 is 0 Å². The zero-order valence-corrected chi connectivity index (χ0v) is 16.2. The number of aromatic nitrogens is 2. The highest BCUT2D eigenvalue weighted by atomic mass is 16.5. The maximum atomic E-state index is 9.72.